The minimum absolute atomic E-state index is 0.0883. The average Bonchev–Trinajstić information content (AvgIpc) is 3.42. The van der Waals surface area contributed by atoms with Crippen molar-refractivity contribution in [1.29, 1.82) is 0 Å². The molecule has 8 nitrogen and oxygen atoms in total. The Labute approximate surface area is 202 Å². The van der Waals surface area contributed by atoms with E-state index < -0.39 is 13.2 Å². The maximum atomic E-state index is 13.4. The highest BCUT2D eigenvalue weighted by Gasteiger charge is 2.69. The summed E-state index contributed by atoms with van der Waals surface area (Å²) in [5.74, 6) is 1.39. The Morgan fingerprint density at radius 2 is 2.06 bits per heavy atom. The molecule has 2 bridgehead atoms. The van der Waals surface area contributed by atoms with Crippen molar-refractivity contribution in [2.45, 2.75) is 77.1 Å². The fraction of sp³-hybridized carbons (Fsp3) is 0.720. The van der Waals surface area contributed by atoms with E-state index in [1.165, 1.54) is 6.42 Å². The second-order valence-electron chi connectivity index (χ2n) is 11.6. The molecular weight excluding hydrogens is 431 g/mol. The van der Waals surface area contributed by atoms with Crippen LogP contribution in [0.15, 0.2) is 18.3 Å². The summed E-state index contributed by atoms with van der Waals surface area (Å²) in [4.78, 5) is 34.2. The van der Waals surface area contributed by atoms with Crippen molar-refractivity contribution in [3.63, 3.8) is 0 Å². The zero-order valence-corrected chi connectivity index (χ0v) is 21.2. The van der Waals surface area contributed by atoms with Gasteiger partial charge in [-0.05, 0) is 68.9 Å². The number of likely N-dealkylation sites (tertiary alicyclic amines) is 1. The minimum atomic E-state index is -0.643. The lowest BCUT2D eigenvalue weighted by Gasteiger charge is -2.64. The first-order valence-corrected chi connectivity index (χ1v) is 12.6. The third kappa shape index (κ3) is 3.63. The first-order valence-electron chi connectivity index (χ1n) is 12.6. The number of hydrogen-bond acceptors (Lipinski definition) is 6. The highest BCUT2D eigenvalue weighted by atomic mass is 16.7. The number of pyridine rings is 1. The standard InChI is InChI=1S/C25H37BN4O4/c1-15(28-22(31)16-9-10-27-21(12-16)29(5)6)23(32)30-11-7-8-20(30)26-33-19-14-17-13-18(24(17,2)3)25(19,4)34-26/h9-10,12,15,17-20H,7-8,11,13-14H2,1-6H3,(H,28,31)/t15-,17+,18+,19?,20+,25+/m1/s1. The van der Waals surface area contributed by atoms with Crippen LogP contribution in [0.25, 0.3) is 0 Å². The van der Waals surface area contributed by atoms with Crippen LogP contribution in [0.1, 0.15) is 63.7 Å². The van der Waals surface area contributed by atoms with Gasteiger partial charge in [0, 0.05) is 32.4 Å². The molecule has 0 spiro atoms. The normalized spacial score (nSPS) is 34.3. The molecule has 2 amide bonds. The number of anilines is 1. The molecular formula is C25H37BN4O4. The highest BCUT2D eigenvalue weighted by molar-refractivity contribution is 6.48. The van der Waals surface area contributed by atoms with Gasteiger partial charge in [0.1, 0.15) is 11.9 Å². The fourth-order valence-corrected chi connectivity index (χ4v) is 6.81. The number of nitrogens with one attached hydrogen (secondary N) is 1. The molecule has 3 heterocycles. The minimum Gasteiger partial charge on any atom is -0.404 e. The third-order valence-electron chi connectivity index (χ3n) is 9.05. The monoisotopic (exact) mass is 468 g/mol. The van der Waals surface area contributed by atoms with E-state index in [2.05, 4.69) is 31.1 Å². The van der Waals surface area contributed by atoms with Crippen LogP contribution in [0.4, 0.5) is 5.82 Å². The van der Waals surface area contributed by atoms with Crippen molar-refractivity contribution in [2.24, 2.45) is 17.3 Å². The summed E-state index contributed by atoms with van der Waals surface area (Å²) >= 11 is 0. The van der Waals surface area contributed by atoms with Gasteiger partial charge in [0.15, 0.2) is 0 Å². The van der Waals surface area contributed by atoms with Crippen LogP contribution < -0.4 is 10.2 Å². The molecule has 6 rings (SSSR count). The smallest absolute Gasteiger partial charge is 0.404 e. The van der Waals surface area contributed by atoms with E-state index in [1.54, 1.807) is 25.3 Å². The van der Waals surface area contributed by atoms with Gasteiger partial charge in [-0.2, -0.15) is 0 Å². The lowest BCUT2D eigenvalue weighted by molar-refractivity contribution is -0.199. The Kier molecular flexibility index (Phi) is 5.71. The van der Waals surface area contributed by atoms with Crippen molar-refractivity contribution in [1.82, 2.24) is 15.2 Å². The molecule has 5 fully saturated rings. The Bertz CT molecular complexity index is 987. The number of nitrogens with zero attached hydrogens (tertiary/aromatic N) is 3. The molecule has 1 aromatic rings. The molecule has 6 atom stereocenters. The molecule has 0 radical (unpaired) electrons. The number of hydrogen-bond donors (Lipinski definition) is 1. The van der Waals surface area contributed by atoms with Gasteiger partial charge >= 0.3 is 7.12 Å². The maximum absolute atomic E-state index is 13.4. The Morgan fingerprint density at radius 1 is 1.29 bits per heavy atom. The number of amides is 2. The predicted molar refractivity (Wildman–Crippen MR) is 130 cm³/mol. The van der Waals surface area contributed by atoms with E-state index in [0.717, 1.165) is 19.3 Å². The van der Waals surface area contributed by atoms with Crippen molar-refractivity contribution < 1.29 is 18.9 Å². The lowest BCUT2D eigenvalue weighted by atomic mass is 9.43. The van der Waals surface area contributed by atoms with E-state index in [4.69, 9.17) is 9.31 Å². The summed E-state index contributed by atoms with van der Waals surface area (Å²) in [6.07, 6.45) is 5.71. The number of aromatic nitrogens is 1. The summed E-state index contributed by atoms with van der Waals surface area (Å²) in [7, 11) is 3.34. The van der Waals surface area contributed by atoms with Crippen LogP contribution >= 0.6 is 0 Å². The molecule has 9 heteroatoms. The molecule has 5 aliphatic rings. The van der Waals surface area contributed by atoms with E-state index in [0.29, 0.717) is 29.8 Å². The molecule has 3 saturated carbocycles. The van der Waals surface area contributed by atoms with Gasteiger partial charge in [-0.1, -0.05) is 13.8 Å². The molecule has 184 valence electrons. The Hall–Kier alpha value is -2.13. The second-order valence-corrected chi connectivity index (χ2v) is 11.6. The topological polar surface area (TPSA) is 84.0 Å². The summed E-state index contributed by atoms with van der Waals surface area (Å²) in [6, 6.07) is 2.74. The predicted octanol–water partition coefficient (Wildman–Crippen LogP) is 2.52. The van der Waals surface area contributed by atoms with Gasteiger partial charge in [0.25, 0.3) is 5.91 Å². The van der Waals surface area contributed by atoms with Gasteiger partial charge < -0.3 is 24.4 Å². The second kappa shape index (κ2) is 8.23. The lowest BCUT2D eigenvalue weighted by Crippen LogP contribution is -2.65. The Balaban J connectivity index is 1.25. The van der Waals surface area contributed by atoms with Gasteiger partial charge in [-0.15, -0.1) is 0 Å². The van der Waals surface area contributed by atoms with E-state index in [1.807, 2.05) is 23.9 Å². The van der Waals surface area contributed by atoms with Crippen LogP contribution in [-0.4, -0.2) is 73.1 Å². The summed E-state index contributed by atoms with van der Waals surface area (Å²) in [5.41, 5.74) is 0.482. The Morgan fingerprint density at radius 3 is 2.76 bits per heavy atom. The first-order chi connectivity index (χ1) is 16.0. The van der Waals surface area contributed by atoms with Crippen LogP contribution in [0.2, 0.25) is 0 Å². The largest absolute Gasteiger partial charge is 0.481 e. The van der Waals surface area contributed by atoms with Crippen LogP contribution in [-0.2, 0) is 14.1 Å². The van der Waals surface area contributed by atoms with Gasteiger partial charge in [0.05, 0.1) is 17.6 Å². The summed E-state index contributed by atoms with van der Waals surface area (Å²) < 4.78 is 13.1. The van der Waals surface area contributed by atoms with E-state index in [-0.39, 0.29) is 34.9 Å². The van der Waals surface area contributed by atoms with Crippen molar-refractivity contribution >= 4 is 24.8 Å². The van der Waals surface area contributed by atoms with Crippen molar-refractivity contribution in [3.05, 3.63) is 23.9 Å². The van der Waals surface area contributed by atoms with Crippen LogP contribution in [0.5, 0.6) is 0 Å². The van der Waals surface area contributed by atoms with Crippen LogP contribution in [0.3, 0.4) is 0 Å². The average molecular weight is 468 g/mol. The van der Waals surface area contributed by atoms with Crippen LogP contribution in [0, 0.1) is 17.3 Å². The molecule has 34 heavy (non-hydrogen) atoms. The molecule has 1 N–H and O–H groups in total. The number of carbonyl (C=O) groups is 2. The fourth-order valence-electron chi connectivity index (χ4n) is 6.81. The molecule has 1 aromatic heterocycles. The quantitative estimate of drug-likeness (QED) is 0.669. The summed E-state index contributed by atoms with van der Waals surface area (Å²) in [5, 5.41) is 2.87. The number of carbonyl (C=O) groups excluding carboxylic acids is 2. The third-order valence-corrected chi connectivity index (χ3v) is 9.05. The molecule has 1 unspecified atom stereocenters. The van der Waals surface area contributed by atoms with E-state index in [9.17, 15) is 9.59 Å². The highest BCUT2D eigenvalue weighted by Crippen LogP contribution is 2.65. The van der Waals surface area contributed by atoms with Crippen molar-refractivity contribution in [2.75, 3.05) is 25.5 Å². The van der Waals surface area contributed by atoms with Gasteiger partial charge in [-0.25, -0.2) is 4.98 Å². The van der Waals surface area contributed by atoms with Gasteiger partial charge in [0.2, 0.25) is 5.91 Å². The van der Waals surface area contributed by atoms with Gasteiger partial charge in [-0.3, -0.25) is 9.59 Å². The van der Waals surface area contributed by atoms with E-state index >= 15 is 0 Å². The molecule has 3 aliphatic carbocycles. The maximum Gasteiger partial charge on any atom is 0.481 e. The SMILES string of the molecule is C[C@@H](NC(=O)c1ccnc(N(C)C)c1)C(=O)N1CCC[C@H]1B1OC2C[C@@H]3C[C@@H](C3(C)C)[C@]2(C)O1. The first kappa shape index (κ1) is 23.6. The zero-order chi connectivity index (χ0) is 24.4. The molecule has 2 aliphatic heterocycles. The molecule has 0 aromatic carbocycles. The molecule has 2 saturated heterocycles. The summed E-state index contributed by atoms with van der Waals surface area (Å²) in [6.45, 7) is 9.32. The zero-order valence-electron chi connectivity index (χ0n) is 21.2. The number of rotatable bonds is 5. The van der Waals surface area contributed by atoms with Crippen molar-refractivity contribution in [3.8, 4) is 0 Å².